The van der Waals surface area contributed by atoms with Crippen LogP contribution in [0.3, 0.4) is 0 Å². The average Bonchev–Trinajstić information content (AvgIpc) is 3.34. The summed E-state index contributed by atoms with van der Waals surface area (Å²) < 4.78 is 6.81. The number of aliphatic hydroxyl groups is 1. The van der Waals surface area contributed by atoms with Crippen molar-refractivity contribution in [3.63, 3.8) is 0 Å². The van der Waals surface area contributed by atoms with Gasteiger partial charge in [-0.15, -0.1) is 13.2 Å². The predicted molar refractivity (Wildman–Crippen MR) is 139 cm³/mol. The summed E-state index contributed by atoms with van der Waals surface area (Å²) in [6.45, 7) is 19.8. The van der Waals surface area contributed by atoms with Crippen molar-refractivity contribution in [1.29, 1.82) is 0 Å². The van der Waals surface area contributed by atoms with Crippen molar-refractivity contribution < 1.29 is 24.2 Å². The summed E-state index contributed by atoms with van der Waals surface area (Å²) in [5.41, 5.74) is -2.00. The van der Waals surface area contributed by atoms with Gasteiger partial charge in [-0.05, 0) is 39.0 Å². The van der Waals surface area contributed by atoms with Gasteiger partial charge in [-0.2, -0.15) is 0 Å². The Morgan fingerprint density at radius 3 is 2.33 bits per heavy atom. The van der Waals surface area contributed by atoms with Crippen LogP contribution in [0.25, 0.3) is 0 Å². The molecule has 0 aromatic heterocycles. The summed E-state index contributed by atoms with van der Waals surface area (Å²) in [6, 6.07) is -1.60. The molecule has 0 radical (unpaired) electrons. The fraction of sp³-hybridized carbons (Fsp3) is 0.750. The largest absolute Gasteiger partial charge is 0.394 e. The van der Waals surface area contributed by atoms with Crippen LogP contribution in [0.2, 0.25) is 0 Å². The zero-order valence-corrected chi connectivity index (χ0v) is 23.1. The Hall–Kier alpha value is -2.19. The number of hydrogen-bond acceptors (Lipinski definition) is 5. The molecule has 3 rings (SSSR count). The van der Waals surface area contributed by atoms with E-state index in [1.807, 2.05) is 41.5 Å². The fourth-order valence-electron chi connectivity index (χ4n) is 6.88. The van der Waals surface area contributed by atoms with E-state index in [0.29, 0.717) is 19.5 Å². The van der Waals surface area contributed by atoms with Crippen molar-refractivity contribution in [2.45, 2.75) is 83.7 Å². The Labute approximate surface area is 216 Å². The molecule has 8 nitrogen and oxygen atoms in total. The van der Waals surface area contributed by atoms with Crippen molar-refractivity contribution in [3.8, 4) is 0 Å². The SMILES string of the molecule is C=CCN(C)C(=O)[C@@H]1[C@H]2C(=O)N([C@@H](CO)[C@@H](C)CC)C(C(=O)N(CC=C)C(C)C)C23CC(C)[C@@]1(C)O3. The highest BCUT2D eigenvalue weighted by molar-refractivity contribution is 5.99. The number of likely N-dealkylation sites (tertiary alicyclic amines) is 1. The molecule has 8 heteroatoms. The van der Waals surface area contributed by atoms with E-state index in [0.717, 1.165) is 6.42 Å². The average molecular weight is 504 g/mol. The summed E-state index contributed by atoms with van der Waals surface area (Å²) >= 11 is 0. The van der Waals surface area contributed by atoms with Gasteiger partial charge in [0.05, 0.1) is 30.1 Å². The molecule has 3 heterocycles. The highest BCUT2D eigenvalue weighted by Crippen LogP contribution is 2.66. The van der Waals surface area contributed by atoms with Crippen LogP contribution in [0, 0.1) is 23.7 Å². The molecule has 1 spiro atoms. The van der Waals surface area contributed by atoms with Gasteiger partial charge in [0.15, 0.2) is 0 Å². The van der Waals surface area contributed by atoms with Gasteiger partial charge >= 0.3 is 0 Å². The van der Waals surface area contributed by atoms with Crippen LogP contribution in [0.15, 0.2) is 25.3 Å². The molecule has 0 aromatic rings. The number of hydrogen-bond donors (Lipinski definition) is 1. The topological polar surface area (TPSA) is 90.4 Å². The van der Waals surface area contributed by atoms with Crippen molar-refractivity contribution in [1.82, 2.24) is 14.7 Å². The molecule has 3 aliphatic rings. The van der Waals surface area contributed by atoms with E-state index in [4.69, 9.17) is 4.74 Å². The lowest BCUT2D eigenvalue weighted by molar-refractivity contribution is -0.159. The van der Waals surface area contributed by atoms with Crippen LogP contribution in [0.5, 0.6) is 0 Å². The normalized spacial score (nSPS) is 34.5. The second-order valence-corrected chi connectivity index (χ2v) is 11.5. The summed E-state index contributed by atoms with van der Waals surface area (Å²) in [6.07, 6.45) is 4.57. The Bertz CT molecular complexity index is 906. The fourth-order valence-corrected chi connectivity index (χ4v) is 6.88. The maximum absolute atomic E-state index is 14.4. The molecule has 0 aliphatic carbocycles. The molecule has 0 aromatic carbocycles. The zero-order valence-electron chi connectivity index (χ0n) is 23.1. The first-order valence-electron chi connectivity index (χ1n) is 13.3. The van der Waals surface area contributed by atoms with Gasteiger partial charge in [-0.3, -0.25) is 14.4 Å². The molecule has 2 bridgehead atoms. The van der Waals surface area contributed by atoms with E-state index in [9.17, 15) is 19.5 Å². The summed E-state index contributed by atoms with van der Waals surface area (Å²) in [4.78, 5) is 47.3. The Kier molecular flexibility index (Phi) is 8.11. The molecule has 36 heavy (non-hydrogen) atoms. The lowest BCUT2D eigenvalue weighted by Crippen LogP contribution is -2.60. The first-order chi connectivity index (χ1) is 16.9. The van der Waals surface area contributed by atoms with Gasteiger partial charge in [-0.1, -0.05) is 39.3 Å². The molecule has 8 atom stereocenters. The van der Waals surface area contributed by atoms with Crippen molar-refractivity contribution >= 4 is 17.7 Å². The lowest BCUT2D eigenvalue weighted by Gasteiger charge is -2.42. The Balaban J connectivity index is 2.22. The molecule has 3 amide bonds. The number of carbonyl (C=O) groups excluding carboxylic acids is 3. The maximum atomic E-state index is 14.4. The minimum atomic E-state index is -1.13. The highest BCUT2D eigenvalue weighted by Gasteiger charge is 2.80. The first-order valence-corrected chi connectivity index (χ1v) is 13.3. The summed E-state index contributed by atoms with van der Waals surface area (Å²) in [5, 5.41) is 10.5. The van der Waals surface area contributed by atoms with Crippen LogP contribution in [-0.4, -0.2) is 93.6 Å². The number of aliphatic hydroxyl groups excluding tert-OH is 1. The first kappa shape index (κ1) is 28.4. The molecule has 3 unspecified atom stereocenters. The number of carbonyl (C=O) groups is 3. The van der Waals surface area contributed by atoms with Gasteiger partial charge in [-0.25, -0.2) is 0 Å². The van der Waals surface area contributed by atoms with Gasteiger partial charge in [0.1, 0.15) is 11.6 Å². The smallest absolute Gasteiger partial charge is 0.248 e. The van der Waals surface area contributed by atoms with Gasteiger partial charge in [0.25, 0.3) is 0 Å². The molecule has 3 aliphatic heterocycles. The van der Waals surface area contributed by atoms with E-state index < -0.39 is 35.1 Å². The summed E-state index contributed by atoms with van der Waals surface area (Å²) in [7, 11) is 1.71. The maximum Gasteiger partial charge on any atom is 0.248 e. The van der Waals surface area contributed by atoms with E-state index in [-0.39, 0.29) is 42.2 Å². The van der Waals surface area contributed by atoms with Crippen LogP contribution >= 0.6 is 0 Å². The van der Waals surface area contributed by atoms with E-state index >= 15 is 0 Å². The number of rotatable bonds is 11. The van der Waals surface area contributed by atoms with E-state index in [1.165, 1.54) is 0 Å². The third-order valence-electron chi connectivity index (χ3n) is 9.11. The van der Waals surface area contributed by atoms with Gasteiger partial charge in [0, 0.05) is 26.2 Å². The molecule has 0 saturated carbocycles. The number of nitrogens with zero attached hydrogens (tertiary/aromatic N) is 3. The number of amides is 3. The van der Waals surface area contributed by atoms with Crippen LogP contribution in [0.4, 0.5) is 0 Å². The standard InChI is InChI=1S/C28H45N3O5/c1-10-13-29(9)24(33)21-22-25(34)31(20(16-32)18(6)12-3)23(26(35)30(14-11-2)17(4)5)28(22)15-19(7)27(21,8)36-28/h10-11,17-23,32H,1-2,12-16H2,3-9H3/t18-,19?,20-,21-,22-,23?,27+,28?/m0/s1. The van der Waals surface area contributed by atoms with Crippen molar-refractivity contribution in [3.05, 3.63) is 25.3 Å². The molecule has 3 saturated heterocycles. The van der Waals surface area contributed by atoms with Gasteiger partial charge in [0.2, 0.25) is 17.7 Å². The van der Waals surface area contributed by atoms with Crippen LogP contribution in [-0.2, 0) is 19.1 Å². The highest BCUT2D eigenvalue weighted by atomic mass is 16.5. The van der Waals surface area contributed by atoms with Crippen LogP contribution < -0.4 is 0 Å². The molecule has 1 N–H and O–H groups in total. The second-order valence-electron chi connectivity index (χ2n) is 11.5. The number of ether oxygens (including phenoxy) is 1. The molecular formula is C28H45N3O5. The van der Waals surface area contributed by atoms with E-state index in [1.54, 1.807) is 33.9 Å². The molecule has 202 valence electrons. The Morgan fingerprint density at radius 2 is 1.83 bits per heavy atom. The van der Waals surface area contributed by atoms with Crippen molar-refractivity contribution in [2.24, 2.45) is 23.7 Å². The quantitative estimate of drug-likeness (QED) is 0.438. The van der Waals surface area contributed by atoms with Gasteiger partial charge < -0.3 is 24.5 Å². The molecule has 3 fully saturated rings. The van der Waals surface area contributed by atoms with Crippen molar-refractivity contribution in [2.75, 3.05) is 26.7 Å². The summed E-state index contributed by atoms with van der Waals surface area (Å²) in [5.74, 6) is -2.24. The van der Waals surface area contributed by atoms with Crippen LogP contribution in [0.1, 0.15) is 54.4 Å². The predicted octanol–water partition coefficient (Wildman–Crippen LogP) is 2.47. The number of likely N-dealkylation sites (N-methyl/N-ethyl adjacent to an activating group) is 1. The third kappa shape index (κ3) is 4.01. The Morgan fingerprint density at radius 1 is 1.22 bits per heavy atom. The zero-order chi connectivity index (χ0) is 27.2. The minimum Gasteiger partial charge on any atom is -0.394 e. The van der Waals surface area contributed by atoms with E-state index in [2.05, 4.69) is 13.2 Å². The minimum absolute atomic E-state index is 0.0361. The number of fused-ring (bicyclic) bond motifs is 1. The monoisotopic (exact) mass is 503 g/mol. The lowest BCUT2D eigenvalue weighted by atomic mass is 9.62. The second kappa shape index (κ2) is 10.3. The molecular weight excluding hydrogens is 458 g/mol. The third-order valence-corrected chi connectivity index (χ3v) is 9.11.